The average molecular weight is 361 g/mol. The summed E-state index contributed by atoms with van der Waals surface area (Å²) in [5, 5.41) is 25.3. The van der Waals surface area contributed by atoms with Crippen LogP contribution in [0.2, 0.25) is 0 Å². The molecular weight excluding hydrogens is 345 g/mol. The number of nitrogens with zero attached hydrogens (tertiary/aromatic N) is 2. The number of hydrogen-bond donors (Lipinski definition) is 2. The maximum Gasteiger partial charge on any atom is 0.416 e. The van der Waals surface area contributed by atoms with Crippen molar-refractivity contribution in [3.63, 3.8) is 0 Å². The fourth-order valence-electron chi connectivity index (χ4n) is 3.70. The molecule has 0 saturated carbocycles. The number of piperidine rings is 3. The van der Waals surface area contributed by atoms with Crippen molar-refractivity contribution >= 4 is 17.1 Å². The summed E-state index contributed by atoms with van der Waals surface area (Å²) in [6, 6.07) is 0.472. The second-order valence-electron chi connectivity index (χ2n) is 6.44. The quantitative estimate of drug-likeness (QED) is 0.627. The van der Waals surface area contributed by atoms with E-state index in [-0.39, 0.29) is 12.0 Å². The normalized spacial score (nSPS) is 25.6. The van der Waals surface area contributed by atoms with Gasteiger partial charge in [0.2, 0.25) is 0 Å². The predicted molar refractivity (Wildman–Crippen MR) is 80.5 cm³/mol. The number of nitro groups is 2. The van der Waals surface area contributed by atoms with Gasteiger partial charge in [0.25, 0.3) is 11.4 Å². The van der Waals surface area contributed by atoms with Gasteiger partial charge in [0.1, 0.15) is 0 Å². The monoisotopic (exact) mass is 361 g/mol. The number of alkyl halides is 3. The van der Waals surface area contributed by atoms with Crippen molar-refractivity contribution < 1.29 is 27.9 Å². The van der Waals surface area contributed by atoms with Crippen molar-refractivity contribution in [3.8, 4) is 0 Å². The number of fused-ring (bicyclic) bond motifs is 3. The molecule has 3 aliphatic rings. The molecule has 4 rings (SSSR count). The lowest BCUT2D eigenvalue weighted by Gasteiger charge is -2.42. The van der Waals surface area contributed by atoms with E-state index in [1.807, 2.05) is 0 Å². The second kappa shape index (κ2) is 6.14. The Hall–Kier alpha value is -2.43. The number of benzene rings is 1. The summed E-state index contributed by atoms with van der Waals surface area (Å²) in [7, 11) is 0. The third-order valence-corrected chi connectivity index (χ3v) is 4.96. The lowest BCUT2D eigenvalue weighted by atomic mass is 9.84. The van der Waals surface area contributed by atoms with E-state index in [9.17, 15) is 33.4 Å². The van der Waals surface area contributed by atoms with Crippen molar-refractivity contribution in [1.82, 2.24) is 0 Å². The molecule has 136 valence electrons. The summed E-state index contributed by atoms with van der Waals surface area (Å²) in [4.78, 5) is 21.8. The highest BCUT2D eigenvalue weighted by molar-refractivity contribution is 5.75. The third kappa shape index (κ3) is 3.36. The van der Waals surface area contributed by atoms with Crippen LogP contribution in [0.3, 0.4) is 0 Å². The third-order valence-electron chi connectivity index (χ3n) is 4.96. The number of hydrogen-bond acceptors (Lipinski definition) is 5. The minimum atomic E-state index is -4.91. The highest BCUT2D eigenvalue weighted by Gasteiger charge is 2.42. The van der Waals surface area contributed by atoms with Gasteiger partial charge in [-0.3, -0.25) is 20.2 Å². The van der Waals surface area contributed by atoms with Gasteiger partial charge in [-0.1, -0.05) is 0 Å². The summed E-state index contributed by atoms with van der Waals surface area (Å²) >= 11 is 0. The Bertz CT molecular complexity index is 682. The Morgan fingerprint density at radius 2 is 1.60 bits per heavy atom. The van der Waals surface area contributed by atoms with Gasteiger partial charge in [0.05, 0.1) is 41.1 Å². The van der Waals surface area contributed by atoms with E-state index in [2.05, 4.69) is 5.32 Å². The van der Waals surface area contributed by atoms with Crippen LogP contribution in [0, 0.1) is 26.1 Å². The van der Waals surface area contributed by atoms with Crippen LogP contribution in [0.4, 0.5) is 30.2 Å². The Balaban J connectivity index is 2.04. The van der Waals surface area contributed by atoms with E-state index in [1.54, 1.807) is 0 Å². The van der Waals surface area contributed by atoms with Crippen LogP contribution in [-0.2, 0) is 6.18 Å². The zero-order valence-electron chi connectivity index (χ0n) is 13.0. The van der Waals surface area contributed by atoms with Crippen molar-refractivity contribution in [3.05, 3.63) is 37.9 Å². The Morgan fingerprint density at radius 1 is 1.08 bits per heavy atom. The molecule has 3 aliphatic heterocycles. The molecule has 3 fully saturated rings. The van der Waals surface area contributed by atoms with Crippen molar-refractivity contribution in [2.24, 2.45) is 5.92 Å². The maximum atomic E-state index is 12.9. The molecule has 0 aliphatic carbocycles. The Labute approximate surface area is 139 Å². The second-order valence-corrected chi connectivity index (χ2v) is 6.44. The van der Waals surface area contributed by atoms with Crippen LogP contribution in [0.15, 0.2) is 12.1 Å². The minimum Gasteiger partial charge on any atom is -0.365 e. The van der Waals surface area contributed by atoms with Gasteiger partial charge >= 0.3 is 6.18 Å². The minimum absolute atomic E-state index is 0.207. The standard InChI is InChI=1S/C14H15F3N4O4/c15-14(16,17)9-5-11(20(22)23)13(12(6-9)21(24)25)18-10-7-19-3-1-8(10)2-4-19/h5-6,8,10,18H,1-4,7H2/p+1/t10-/m1/s1. The zero-order chi connectivity index (χ0) is 18.4. The lowest BCUT2D eigenvalue weighted by molar-refractivity contribution is -0.916. The highest BCUT2D eigenvalue weighted by Crippen LogP contribution is 2.42. The Kier molecular flexibility index (Phi) is 4.27. The van der Waals surface area contributed by atoms with Gasteiger partial charge in [-0.2, -0.15) is 13.2 Å². The van der Waals surface area contributed by atoms with E-state index in [0.29, 0.717) is 18.7 Å². The van der Waals surface area contributed by atoms with E-state index in [0.717, 1.165) is 25.9 Å². The van der Waals surface area contributed by atoms with Crippen LogP contribution >= 0.6 is 0 Å². The molecule has 3 saturated heterocycles. The molecule has 2 bridgehead atoms. The topological polar surface area (TPSA) is 103 Å². The van der Waals surface area contributed by atoms with Crippen molar-refractivity contribution in [2.45, 2.75) is 25.1 Å². The zero-order valence-corrected chi connectivity index (χ0v) is 13.0. The molecule has 8 nitrogen and oxygen atoms in total. The van der Waals surface area contributed by atoms with Crippen molar-refractivity contribution in [2.75, 3.05) is 25.0 Å². The Morgan fingerprint density at radius 3 is 1.96 bits per heavy atom. The number of quaternary nitrogens is 1. The van der Waals surface area contributed by atoms with Gasteiger partial charge in [-0.05, 0) is 5.92 Å². The molecule has 0 aromatic heterocycles. The van der Waals surface area contributed by atoms with Crippen LogP contribution in [0.1, 0.15) is 18.4 Å². The first-order valence-electron chi connectivity index (χ1n) is 7.81. The van der Waals surface area contributed by atoms with Crippen LogP contribution in [0.25, 0.3) is 0 Å². The van der Waals surface area contributed by atoms with Crippen LogP contribution in [0.5, 0.6) is 0 Å². The molecule has 2 N–H and O–H groups in total. The van der Waals surface area contributed by atoms with Gasteiger partial charge in [0, 0.05) is 25.0 Å². The average Bonchev–Trinajstić information content (AvgIpc) is 2.54. The predicted octanol–water partition coefficient (Wildman–Crippen LogP) is 1.61. The van der Waals surface area contributed by atoms with Crippen molar-refractivity contribution in [1.29, 1.82) is 0 Å². The van der Waals surface area contributed by atoms with Gasteiger partial charge in [-0.25, -0.2) is 0 Å². The summed E-state index contributed by atoms with van der Waals surface area (Å²) in [6.45, 7) is 2.58. The van der Waals surface area contributed by atoms with E-state index >= 15 is 0 Å². The van der Waals surface area contributed by atoms with Crippen LogP contribution < -0.4 is 10.2 Å². The number of rotatable bonds is 4. The van der Waals surface area contributed by atoms with E-state index in [4.69, 9.17) is 0 Å². The fraction of sp³-hybridized carbons (Fsp3) is 0.571. The SMILES string of the molecule is O=[N+]([O-])c1cc(C(F)(F)F)cc([N+](=O)[O-])c1N[C@@H]1C[NH+]2CCC1CC2. The molecule has 3 heterocycles. The molecule has 0 spiro atoms. The molecule has 1 aromatic carbocycles. The number of nitrogens with one attached hydrogen (secondary N) is 2. The molecule has 11 heteroatoms. The highest BCUT2D eigenvalue weighted by atomic mass is 19.4. The molecule has 25 heavy (non-hydrogen) atoms. The van der Waals surface area contributed by atoms with E-state index < -0.39 is 38.6 Å². The first-order valence-corrected chi connectivity index (χ1v) is 7.81. The lowest BCUT2D eigenvalue weighted by Crippen LogP contribution is -3.16. The molecule has 1 atom stereocenters. The molecule has 0 radical (unpaired) electrons. The summed E-state index contributed by atoms with van der Waals surface area (Å²) in [5.74, 6) is 0.207. The summed E-state index contributed by atoms with van der Waals surface area (Å²) < 4.78 is 38.8. The maximum absolute atomic E-state index is 12.9. The number of nitro benzene ring substituents is 2. The van der Waals surface area contributed by atoms with E-state index in [1.165, 1.54) is 4.90 Å². The molecule has 1 aromatic rings. The van der Waals surface area contributed by atoms with Gasteiger partial charge in [-0.15, -0.1) is 0 Å². The first kappa shape index (κ1) is 17.4. The molecule has 0 amide bonds. The molecule has 0 unspecified atom stereocenters. The van der Waals surface area contributed by atoms with Gasteiger partial charge in [0.15, 0.2) is 5.69 Å². The van der Waals surface area contributed by atoms with Gasteiger partial charge < -0.3 is 10.2 Å². The fourth-order valence-corrected chi connectivity index (χ4v) is 3.70. The first-order chi connectivity index (χ1) is 11.7. The largest absolute Gasteiger partial charge is 0.416 e. The smallest absolute Gasteiger partial charge is 0.365 e. The summed E-state index contributed by atoms with van der Waals surface area (Å²) in [5.41, 5.74) is -3.70. The molecular formula is C14H16F3N4O4+. The summed E-state index contributed by atoms with van der Waals surface area (Å²) in [6.07, 6.45) is -3.14. The number of halogens is 3. The number of anilines is 1. The van der Waals surface area contributed by atoms with Crippen LogP contribution in [-0.4, -0.2) is 35.5 Å².